The lowest BCUT2D eigenvalue weighted by molar-refractivity contribution is 1.30. The van der Waals surface area contributed by atoms with Crippen molar-refractivity contribution in [3.05, 3.63) is 139 Å². The van der Waals surface area contributed by atoms with Gasteiger partial charge in [-0.1, -0.05) is 91.0 Å². The van der Waals surface area contributed by atoms with E-state index in [-0.39, 0.29) is 0 Å². The Balaban J connectivity index is 1.53. The summed E-state index contributed by atoms with van der Waals surface area (Å²) < 4.78 is 0. The molecule has 0 bridgehead atoms. The van der Waals surface area contributed by atoms with E-state index >= 15 is 0 Å². The molecule has 7 aromatic carbocycles. The van der Waals surface area contributed by atoms with Crippen LogP contribution in [0.25, 0.3) is 43.4 Å². The molecular weight excluding hydrogens is 448 g/mol. The Morgan fingerprint density at radius 1 is 0.486 bits per heavy atom. The van der Waals surface area contributed by atoms with Gasteiger partial charge in [0.15, 0.2) is 0 Å². The summed E-state index contributed by atoms with van der Waals surface area (Å²) >= 11 is 0. The quantitative estimate of drug-likeness (QED) is 0.239. The summed E-state index contributed by atoms with van der Waals surface area (Å²) in [5.74, 6) is 0. The van der Waals surface area contributed by atoms with Gasteiger partial charge in [-0.2, -0.15) is 5.26 Å². The average molecular weight is 471 g/mol. The first-order valence-electron chi connectivity index (χ1n) is 12.4. The monoisotopic (exact) mass is 470 g/mol. The Kier molecular flexibility index (Phi) is 4.87. The van der Waals surface area contributed by atoms with Crippen LogP contribution in [0.5, 0.6) is 0 Å². The van der Waals surface area contributed by atoms with E-state index in [1.807, 2.05) is 24.3 Å². The molecule has 2 nitrogen and oxygen atoms in total. The minimum Gasteiger partial charge on any atom is -0.310 e. The van der Waals surface area contributed by atoms with Crippen molar-refractivity contribution >= 4 is 49.4 Å². The number of nitrogens with zero attached hydrogens (tertiary/aromatic N) is 2. The van der Waals surface area contributed by atoms with E-state index in [2.05, 4.69) is 120 Å². The standard InChI is InChI=1S/C35H22N2/c36-23-24-11-13-25(14-12-24)30-19-15-26-17-21-32-33(22-18-27-16-20-31(30)34(26)35(27)32)37(28-7-3-1-4-8-28)29-9-5-2-6-10-29/h1-22H. The predicted molar refractivity (Wildman–Crippen MR) is 155 cm³/mol. The minimum absolute atomic E-state index is 0.674. The Labute approximate surface area is 215 Å². The van der Waals surface area contributed by atoms with Gasteiger partial charge < -0.3 is 4.90 Å². The Bertz CT molecular complexity index is 1880. The normalized spacial score (nSPS) is 11.2. The van der Waals surface area contributed by atoms with Gasteiger partial charge in [-0.25, -0.2) is 0 Å². The van der Waals surface area contributed by atoms with Crippen molar-refractivity contribution in [1.29, 1.82) is 5.26 Å². The van der Waals surface area contributed by atoms with Crippen molar-refractivity contribution in [2.75, 3.05) is 4.90 Å². The lowest BCUT2D eigenvalue weighted by atomic mass is 9.89. The van der Waals surface area contributed by atoms with Gasteiger partial charge >= 0.3 is 0 Å². The number of nitriles is 1. The fourth-order valence-electron chi connectivity index (χ4n) is 5.54. The molecule has 0 aromatic heterocycles. The molecule has 37 heavy (non-hydrogen) atoms. The summed E-state index contributed by atoms with van der Waals surface area (Å²) in [6, 6.07) is 49.1. The second kappa shape index (κ2) is 8.52. The maximum absolute atomic E-state index is 9.24. The first kappa shape index (κ1) is 21.2. The topological polar surface area (TPSA) is 27.0 Å². The third kappa shape index (κ3) is 3.41. The Morgan fingerprint density at radius 3 is 1.65 bits per heavy atom. The predicted octanol–water partition coefficient (Wildman–Crippen LogP) is 9.59. The van der Waals surface area contributed by atoms with Gasteiger partial charge in [-0.3, -0.25) is 0 Å². The molecular formula is C35H22N2. The van der Waals surface area contributed by atoms with Crippen LogP contribution < -0.4 is 4.90 Å². The van der Waals surface area contributed by atoms with Crippen molar-refractivity contribution in [3.63, 3.8) is 0 Å². The van der Waals surface area contributed by atoms with Crippen molar-refractivity contribution in [2.45, 2.75) is 0 Å². The molecule has 0 unspecified atom stereocenters. The highest BCUT2D eigenvalue weighted by atomic mass is 15.1. The molecule has 0 aliphatic heterocycles. The van der Waals surface area contributed by atoms with Crippen LogP contribution in [-0.4, -0.2) is 0 Å². The largest absolute Gasteiger partial charge is 0.310 e. The van der Waals surface area contributed by atoms with Crippen molar-refractivity contribution < 1.29 is 0 Å². The molecule has 0 spiro atoms. The van der Waals surface area contributed by atoms with E-state index in [0.29, 0.717) is 5.56 Å². The average Bonchev–Trinajstić information content (AvgIpc) is 2.98. The summed E-state index contributed by atoms with van der Waals surface area (Å²) in [5.41, 5.74) is 6.38. The van der Waals surface area contributed by atoms with Crippen molar-refractivity contribution in [1.82, 2.24) is 0 Å². The fourth-order valence-corrected chi connectivity index (χ4v) is 5.54. The number of benzene rings is 7. The van der Waals surface area contributed by atoms with Gasteiger partial charge in [0, 0.05) is 16.8 Å². The zero-order valence-corrected chi connectivity index (χ0v) is 20.1. The summed E-state index contributed by atoms with van der Waals surface area (Å²) in [4.78, 5) is 2.34. The maximum Gasteiger partial charge on any atom is 0.0991 e. The second-order valence-corrected chi connectivity index (χ2v) is 9.32. The van der Waals surface area contributed by atoms with E-state index in [9.17, 15) is 5.26 Å². The highest BCUT2D eigenvalue weighted by Gasteiger charge is 2.19. The highest BCUT2D eigenvalue weighted by molar-refractivity contribution is 6.27. The molecule has 0 saturated carbocycles. The van der Waals surface area contributed by atoms with E-state index in [0.717, 1.165) is 22.6 Å². The van der Waals surface area contributed by atoms with E-state index in [4.69, 9.17) is 0 Å². The second-order valence-electron chi connectivity index (χ2n) is 9.32. The molecule has 0 N–H and O–H groups in total. The van der Waals surface area contributed by atoms with Gasteiger partial charge in [0.25, 0.3) is 0 Å². The molecule has 0 radical (unpaired) electrons. The SMILES string of the molecule is N#Cc1ccc(-c2ccc3ccc4c(N(c5ccccc5)c5ccccc5)ccc5ccc2c3c54)cc1. The molecule has 0 fully saturated rings. The first-order chi connectivity index (χ1) is 18.3. The van der Waals surface area contributed by atoms with E-state index in [1.54, 1.807) is 0 Å². The molecule has 0 aliphatic carbocycles. The fraction of sp³-hybridized carbons (Fsp3) is 0. The van der Waals surface area contributed by atoms with Gasteiger partial charge in [0.2, 0.25) is 0 Å². The van der Waals surface area contributed by atoms with E-state index < -0.39 is 0 Å². The smallest absolute Gasteiger partial charge is 0.0991 e. The molecule has 0 aliphatic rings. The molecule has 172 valence electrons. The van der Waals surface area contributed by atoms with Crippen LogP contribution in [0, 0.1) is 11.3 Å². The lowest BCUT2D eigenvalue weighted by Crippen LogP contribution is -2.10. The van der Waals surface area contributed by atoms with Gasteiger partial charge in [-0.15, -0.1) is 0 Å². The van der Waals surface area contributed by atoms with Crippen LogP contribution in [0.1, 0.15) is 5.56 Å². The Hall–Kier alpha value is -5.13. The van der Waals surface area contributed by atoms with Crippen LogP contribution >= 0.6 is 0 Å². The molecule has 0 heterocycles. The number of hydrogen-bond donors (Lipinski definition) is 0. The summed E-state index contributed by atoms with van der Waals surface area (Å²) in [6.07, 6.45) is 0. The zero-order chi connectivity index (χ0) is 24.8. The molecule has 0 atom stereocenters. The summed E-state index contributed by atoms with van der Waals surface area (Å²) in [5, 5.41) is 16.7. The summed E-state index contributed by atoms with van der Waals surface area (Å²) in [6.45, 7) is 0. The molecule has 7 rings (SSSR count). The van der Waals surface area contributed by atoms with Crippen LogP contribution in [0.4, 0.5) is 17.1 Å². The van der Waals surface area contributed by atoms with E-state index in [1.165, 1.54) is 37.9 Å². The highest BCUT2D eigenvalue weighted by Crippen LogP contribution is 2.45. The first-order valence-corrected chi connectivity index (χ1v) is 12.4. The van der Waals surface area contributed by atoms with Crippen LogP contribution in [-0.2, 0) is 0 Å². The van der Waals surface area contributed by atoms with Gasteiger partial charge in [0.05, 0.1) is 17.3 Å². The van der Waals surface area contributed by atoms with Crippen LogP contribution in [0.15, 0.2) is 133 Å². The Morgan fingerprint density at radius 2 is 1.03 bits per heavy atom. The number of para-hydroxylation sites is 2. The zero-order valence-electron chi connectivity index (χ0n) is 20.1. The maximum atomic E-state index is 9.24. The molecule has 0 saturated heterocycles. The lowest BCUT2D eigenvalue weighted by Gasteiger charge is -2.27. The van der Waals surface area contributed by atoms with Crippen LogP contribution in [0.3, 0.4) is 0 Å². The third-order valence-electron chi connectivity index (χ3n) is 7.24. The molecule has 2 heteroatoms. The number of rotatable bonds is 4. The van der Waals surface area contributed by atoms with Gasteiger partial charge in [0.1, 0.15) is 0 Å². The molecule has 0 amide bonds. The van der Waals surface area contributed by atoms with Crippen molar-refractivity contribution in [2.24, 2.45) is 0 Å². The number of hydrogen-bond acceptors (Lipinski definition) is 2. The minimum atomic E-state index is 0.674. The summed E-state index contributed by atoms with van der Waals surface area (Å²) in [7, 11) is 0. The van der Waals surface area contributed by atoms with Crippen LogP contribution in [0.2, 0.25) is 0 Å². The third-order valence-corrected chi connectivity index (χ3v) is 7.24. The van der Waals surface area contributed by atoms with Crippen molar-refractivity contribution in [3.8, 4) is 17.2 Å². The molecule has 7 aromatic rings. The van der Waals surface area contributed by atoms with Gasteiger partial charge in [-0.05, 0) is 80.5 Å². The number of anilines is 3.